The van der Waals surface area contributed by atoms with Gasteiger partial charge in [-0.2, -0.15) is 0 Å². The first-order valence-electron chi connectivity index (χ1n) is 8.80. The van der Waals surface area contributed by atoms with Crippen LogP contribution in [0.2, 0.25) is 0 Å². The molecule has 0 radical (unpaired) electrons. The Bertz CT molecular complexity index is 863. The fourth-order valence-corrected chi connectivity index (χ4v) is 2.61. The van der Waals surface area contributed by atoms with Crippen LogP contribution in [0.1, 0.15) is 11.1 Å². The Balaban J connectivity index is 0.00000450. The number of nitrogens with one attached hydrogen (secondary N) is 1. The van der Waals surface area contributed by atoms with Gasteiger partial charge in [0.25, 0.3) is 0 Å². The van der Waals surface area contributed by atoms with Gasteiger partial charge < -0.3 is 35.1 Å². The monoisotopic (exact) mass is 438 g/mol. The van der Waals surface area contributed by atoms with Crippen LogP contribution in [0.5, 0.6) is 23.0 Å². The number of benzene rings is 2. The highest BCUT2D eigenvalue weighted by Gasteiger charge is 2.15. The van der Waals surface area contributed by atoms with Gasteiger partial charge in [0.05, 0.1) is 40.7 Å². The van der Waals surface area contributed by atoms with Crippen LogP contribution in [0, 0.1) is 0 Å². The molecule has 0 aliphatic carbocycles. The molecular weight excluding hydrogens is 412 g/mol. The van der Waals surface area contributed by atoms with Crippen molar-refractivity contribution in [1.82, 2.24) is 0 Å². The summed E-state index contributed by atoms with van der Waals surface area (Å²) in [5, 5.41) is 11.8. The van der Waals surface area contributed by atoms with Crippen LogP contribution < -0.4 is 30.0 Å². The van der Waals surface area contributed by atoms with Crippen LogP contribution in [0.3, 0.4) is 0 Å². The Morgan fingerprint density at radius 2 is 1.67 bits per heavy atom. The first-order chi connectivity index (χ1) is 14.0. The van der Waals surface area contributed by atoms with Crippen LogP contribution >= 0.6 is 12.4 Å². The zero-order chi connectivity index (χ0) is 21.4. The van der Waals surface area contributed by atoms with Crippen molar-refractivity contribution in [1.29, 1.82) is 0 Å². The number of carbonyl (C=O) groups excluding carboxylic acids is 1. The number of aliphatic hydroxyl groups is 1. The number of anilines is 1. The van der Waals surface area contributed by atoms with Crippen molar-refractivity contribution in [3.63, 3.8) is 0 Å². The standard InChI is InChI=1S/C21H26N2O6.ClH/c1-26-15-8-7-14(17(11-15)23-21(25)16(22)12-24)6-5-13-9-18(27-2)20(29-4)19(10-13)28-3;/h5-11,16,24H,12,22H2,1-4H3,(H,23,25);1H/b6-5-;/t16-;/m0./s1. The number of rotatable bonds is 9. The number of amides is 1. The van der Waals surface area contributed by atoms with Gasteiger partial charge in [0.15, 0.2) is 11.5 Å². The maximum Gasteiger partial charge on any atom is 0.243 e. The fourth-order valence-electron chi connectivity index (χ4n) is 2.61. The van der Waals surface area contributed by atoms with Gasteiger partial charge >= 0.3 is 0 Å². The van der Waals surface area contributed by atoms with E-state index in [9.17, 15) is 4.79 Å². The Morgan fingerprint density at radius 3 is 2.17 bits per heavy atom. The molecule has 8 nitrogen and oxygen atoms in total. The zero-order valence-electron chi connectivity index (χ0n) is 17.3. The smallest absolute Gasteiger partial charge is 0.243 e. The number of halogens is 1. The minimum Gasteiger partial charge on any atom is -0.497 e. The summed E-state index contributed by atoms with van der Waals surface area (Å²) >= 11 is 0. The highest BCUT2D eigenvalue weighted by atomic mass is 35.5. The van der Waals surface area contributed by atoms with Gasteiger partial charge in [-0.25, -0.2) is 0 Å². The van der Waals surface area contributed by atoms with Crippen LogP contribution in [0.4, 0.5) is 5.69 Å². The van der Waals surface area contributed by atoms with Crippen LogP contribution in [0.25, 0.3) is 12.2 Å². The van der Waals surface area contributed by atoms with E-state index in [0.29, 0.717) is 28.7 Å². The molecule has 0 saturated carbocycles. The largest absolute Gasteiger partial charge is 0.497 e. The molecule has 0 saturated heterocycles. The van der Waals surface area contributed by atoms with E-state index in [2.05, 4.69) is 5.32 Å². The van der Waals surface area contributed by atoms with Crippen molar-refractivity contribution >= 4 is 36.2 Å². The maximum absolute atomic E-state index is 12.1. The zero-order valence-corrected chi connectivity index (χ0v) is 18.1. The summed E-state index contributed by atoms with van der Waals surface area (Å²) in [5.74, 6) is 1.64. The van der Waals surface area contributed by atoms with E-state index in [4.69, 9.17) is 29.8 Å². The van der Waals surface area contributed by atoms with Crippen molar-refractivity contribution in [3.05, 3.63) is 41.5 Å². The second-order valence-electron chi connectivity index (χ2n) is 6.02. The summed E-state index contributed by atoms with van der Waals surface area (Å²) in [6, 6.07) is 7.84. The second-order valence-corrected chi connectivity index (χ2v) is 6.02. The average Bonchev–Trinajstić information content (AvgIpc) is 2.76. The molecule has 4 N–H and O–H groups in total. The van der Waals surface area contributed by atoms with E-state index < -0.39 is 18.6 Å². The molecule has 1 atom stereocenters. The van der Waals surface area contributed by atoms with E-state index in [1.165, 1.54) is 7.11 Å². The molecule has 0 aromatic heterocycles. The molecule has 164 valence electrons. The number of hydrogen-bond donors (Lipinski definition) is 3. The third-order valence-electron chi connectivity index (χ3n) is 4.19. The number of carbonyl (C=O) groups is 1. The van der Waals surface area contributed by atoms with Gasteiger partial charge in [0, 0.05) is 6.07 Å². The molecule has 0 fully saturated rings. The van der Waals surface area contributed by atoms with E-state index in [1.54, 1.807) is 51.7 Å². The Hall–Kier alpha value is -2.94. The van der Waals surface area contributed by atoms with Crippen LogP contribution in [-0.2, 0) is 4.79 Å². The minimum atomic E-state index is -1.02. The average molecular weight is 439 g/mol. The molecule has 0 heterocycles. The molecule has 2 aromatic rings. The summed E-state index contributed by atoms with van der Waals surface area (Å²) in [4.78, 5) is 12.1. The summed E-state index contributed by atoms with van der Waals surface area (Å²) in [6.07, 6.45) is 3.66. The number of hydrogen-bond acceptors (Lipinski definition) is 7. The van der Waals surface area contributed by atoms with Gasteiger partial charge in [-0.3, -0.25) is 4.79 Å². The summed E-state index contributed by atoms with van der Waals surface area (Å²) in [5.41, 5.74) is 7.62. The highest BCUT2D eigenvalue weighted by molar-refractivity contribution is 5.97. The molecule has 0 unspecified atom stereocenters. The lowest BCUT2D eigenvalue weighted by atomic mass is 10.1. The summed E-state index contributed by atoms with van der Waals surface area (Å²) in [6.45, 7) is -0.452. The third-order valence-corrected chi connectivity index (χ3v) is 4.19. The van der Waals surface area contributed by atoms with E-state index in [0.717, 1.165) is 11.1 Å². The van der Waals surface area contributed by atoms with E-state index in [1.807, 2.05) is 12.2 Å². The van der Waals surface area contributed by atoms with Gasteiger partial charge in [-0.05, 0) is 35.4 Å². The van der Waals surface area contributed by atoms with Crippen LogP contribution in [0.15, 0.2) is 30.3 Å². The molecule has 0 aliphatic rings. The van der Waals surface area contributed by atoms with Crippen molar-refractivity contribution in [2.24, 2.45) is 5.73 Å². The summed E-state index contributed by atoms with van der Waals surface area (Å²) in [7, 11) is 6.17. The molecule has 30 heavy (non-hydrogen) atoms. The lowest BCUT2D eigenvalue weighted by Gasteiger charge is -2.14. The van der Waals surface area contributed by atoms with Gasteiger partial charge in [0.1, 0.15) is 11.8 Å². The Labute approximate surface area is 182 Å². The molecule has 2 rings (SSSR count). The molecule has 2 aromatic carbocycles. The maximum atomic E-state index is 12.1. The number of aliphatic hydroxyl groups excluding tert-OH is 1. The molecule has 9 heteroatoms. The van der Waals surface area contributed by atoms with E-state index in [-0.39, 0.29) is 12.4 Å². The van der Waals surface area contributed by atoms with Crippen LogP contribution in [-0.4, -0.2) is 52.1 Å². The second kappa shape index (κ2) is 11.9. The molecule has 0 aliphatic heterocycles. The van der Waals surface area contributed by atoms with Gasteiger partial charge in [0.2, 0.25) is 11.7 Å². The van der Waals surface area contributed by atoms with Gasteiger partial charge in [-0.1, -0.05) is 12.2 Å². The fraction of sp³-hybridized carbons (Fsp3) is 0.286. The lowest BCUT2D eigenvalue weighted by molar-refractivity contribution is -0.118. The number of ether oxygens (including phenoxy) is 4. The Kier molecular flexibility index (Phi) is 9.97. The van der Waals surface area contributed by atoms with Crippen molar-refractivity contribution < 1.29 is 28.8 Å². The van der Waals surface area contributed by atoms with Gasteiger partial charge in [-0.15, -0.1) is 12.4 Å². The molecule has 1 amide bonds. The van der Waals surface area contributed by atoms with E-state index >= 15 is 0 Å². The topological polar surface area (TPSA) is 112 Å². The Morgan fingerprint density at radius 1 is 1.03 bits per heavy atom. The first kappa shape index (κ1) is 25.1. The normalized spacial score (nSPS) is 11.4. The molecule has 0 bridgehead atoms. The first-order valence-corrected chi connectivity index (χ1v) is 8.80. The highest BCUT2D eigenvalue weighted by Crippen LogP contribution is 2.38. The quantitative estimate of drug-likeness (QED) is 0.516. The predicted molar refractivity (Wildman–Crippen MR) is 119 cm³/mol. The predicted octanol–water partition coefficient (Wildman–Crippen LogP) is 2.57. The van der Waals surface area contributed by atoms with Crippen molar-refractivity contribution in [2.75, 3.05) is 40.4 Å². The lowest BCUT2D eigenvalue weighted by Crippen LogP contribution is -2.38. The molecule has 0 spiro atoms. The van der Waals surface area contributed by atoms with Crippen molar-refractivity contribution in [3.8, 4) is 23.0 Å². The summed E-state index contributed by atoms with van der Waals surface area (Å²) < 4.78 is 21.3. The molecular formula is C21H27ClN2O6. The number of nitrogens with two attached hydrogens (primary N) is 1. The SMILES string of the molecule is COc1ccc(/C=C\c2cc(OC)c(OC)c(OC)c2)c(NC(=O)[C@@H](N)CO)c1.Cl. The minimum absolute atomic E-state index is 0. The van der Waals surface area contributed by atoms with Crippen molar-refractivity contribution in [2.45, 2.75) is 6.04 Å². The number of methoxy groups -OCH3 is 4. The third kappa shape index (κ3) is 6.03.